The van der Waals surface area contributed by atoms with Crippen molar-refractivity contribution in [2.75, 3.05) is 13.7 Å². The van der Waals surface area contributed by atoms with Crippen molar-refractivity contribution < 1.29 is 9.15 Å². The first kappa shape index (κ1) is 9.68. The van der Waals surface area contributed by atoms with Gasteiger partial charge in [0.25, 0.3) is 0 Å². The quantitative estimate of drug-likeness (QED) is 0.798. The molecule has 0 aliphatic carbocycles. The summed E-state index contributed by atoms with van der Waals surface area (Å²) in [6.45, 7) is 1.51. The Balaban J connectivity index is 2.00. The van der Waals surface area contributed by atoms with Gasteiger partial charge < -0.3 is 14.5 Å². The van der Waals surface area contributed by atoms with E-state index in [-0.39, 0.29) is 6.10 Å². The van der Waals surface area contributed by atoms with Gasteiger partial charge in [-0.25, -0.2) is 4.98 Å². The summed E-state index contributed by atoms with van der Waals surface area (Å²) in [5, 5.41) is 3.00. The molecule has 0 spiro atoms. The molecule has 2 heterocycles. The third kappa shape index (κ3) is 2.13. The maximum atomic E-state index is 5.60. The van der Waals surface area contributed by atoms with Gasteiger partial charge in [-0.3, -0.25) is 0 Å². The van der Waals surface area contributed by atoms with Gasteiger partial charge in [0.2, 0.25) is 5.89 Å². The molecule has 1 aromatic heterocycles. The summed E-state index contributed by atoms with van der Waals surface area (Å²) in [5.74, 6) is 1.60. The Morgan fingerprint density at radius 1 is 1.57 bits per heavy atom. The van der Waals surface area contributed by atoms with Gasteiger partial charge in [0, 0.05) is 6.61 Å². The molecule has 1 atom stereocenters. The number of aromatic nitrogens is 1. The van der Waals surface area contributed by atoms with Crippen molar-refractivity contribution in [1.82, 2.24) is 10.3 Å². The maximum absolute atomic E-state index is 5.60. The van der Waals surface area contributed by atoms with Crippen molar-refractivity contribution in [3.05, 3.63) is 17.8 Å². The molecule has 1 aliphatic heterocycles. The molecule has 0 radical (unpaired) electrons. The summed E-state index contributed by atoms with van der Waals surface area (Å²) < 4.78 is 11.2. The third-order valence-electron chi connectivity index (χ3n) is 2.40. The molecule has 1 saturated heterocycles. The SMILES string of the molecule is CNCc1ncc(C2CCCCO2)o1. The van der Waals surface area contributed by atoms with Crippen LogP contribution in [0.2, 0.25) is 0 Å². The van der Waals surface area contributed by atoms with E-state index in [1.807, 2.05) is 7.05 Å². The van der Waals surface area contributed by atoms with Crippen LogP contribution in [0, 0.1) is 0 Å². The van der Waals surface area contributed by atoms with Gasteiger partial charge in [-0.05, 0) is 26.3 Å². The van der Waals surface area contributed by atoms with Gasteiger partial charge in [0.05, 0.1) is 12.7 Å². The zero-order valence-corrected chi connectivity index (χ0v) is 8.45. The molecule has 1 N–H and O–H groups in total. The summed E-state index contributed by atoms with van der Waals surface area (Å²) in [4.78, 5) is 4.17. The van der Waals surface area contributed by atoms with Gasteiger partial charge in [0.15, 0.2) is 5.76 Å². The average Bonchev–Trinajstić information content (AvgIpc) is 2.68. The molecular weight excluding hydrogens is 180 g/mol. The van der Waals surface area contributed by atoms with Crippen LogP contribution < -0.4 is 5.32 Å². The van der Waals surface area contributed by atoms with E-state index < -0.39 is 0 Å². The summed E-state index contributed by atoms with van der Waals surface area (Å²) in [5.41, 5.74) is 0. The van der Waals surface area contributed by atoms with Crippen LogP contribution in [0.3, 0.4) is 0 Å². The van der Waals surface area contributed by atoms with Gasteiger partial charge >= 0.3 is 0 Å². The molecule has 4 nitrogen and oxygen atoms in total. The highest BCUT2D eigenvalue weighted by Crippen LogP contribution is 2.27. The van der Waals surface area contributed by atoms with Crippen LogP contribution in [-0.2, 0) is 11.3 Å². The fourth-order valence-corrected chi connectivity index (χ4v) is 1.67. The van der Waals surface area contributed by atoms with Crippen LogP contribution >= 0.6 is 0 Å². The summed E-state index contributed by atoms with van der Waals surface area (Å²) in [6, 6.07) is 0. The normalized spacial score (nSPS) is 22.5. The van der Waals surface area contributed by atoms with Crippen LogP contribution in [0.15, 0.2) is 10.6 Å². The fraction of sp³-hybridized carbons (Fsp3) is 0.700. The third-order valence-corrected chi connectivity index (χ3v) is 2.40. The first-order chi connectivity index (χ1) is 6.90. The molecule has 0 aromatic carbocycles. The van der Waals surface area contributed by atoms with Gasteiger partial charge in [-0.15, -0.1) is 0 Å². The molecule has 0 bridgehead atoms. The number of hydrogen-bond acceptors (Lipinski definition) is 4. The van der Waals surface area contributed by atoms with Gasteiger partial charge in [-0.2, -0.15) is 0 Å². The van der Waals surface area contributed by atoms with Crippen molar-refractivity contribution in [2.45, 2.75) is 31.9 Å². The van der Waals surface area contributed by atoms with E-state index in [0.29, 0.717) is 6.54 Å². The van der Waals surface area contributed by atoms with Crippen molar-refractivity contribution in [3.63, 3.8) is 0 Å². The number of rotatable bonds is 3. The predicted octanol–water partition coefficient (Wildman–Crippen LogP) is 1.64. The molecule has 1 aliphatic rings. The Kier molecular flexibility index (Phi) is 3.16. The van der Waals surface area contributed by atoms with Crippen LogP contribution in [0.1, 0.15) is 37.0 Å². The van der Waals surface area contributed by atoms with Crippen molar-refractivity contribution in [3.8, 4) is 0 Å². The molecule has 1 unspecified atom stereocenters. The van der Waals surface area contributed by atoms with Crippen molar-refractivity contribution in [2.24, 2.45) is 0 Å². The second-order valence-corrected chi connectivity index (χ2v) is 3.54. The highest BCUT2D eigenvalue weighted by Gasteiger charge is 2.19. The van der Waals surface area contributed by atoms with Crippen LogP contribution in [-0.4, -0.2) is 18.6 Å². The molecule has 1 aromatic rings. The number of nitrogens with zero attached hydrogens (tertiary/aromatic N) is 1. The summed E-state index contributed by atoms with van der Waals surface area (Å²) in [7, 11) is 1.88. The van der Waals surface area contributed by atoms with Crippen LogP contribution in [0.25, 0.3) is 0 Å². The molecule has 78 valence electrons. The molecular formula is C10H16N2O2. The molecule has 1 fully saturated rings. The Hall–Kier alpha value is -0.870. The van der Waals surface area contributed by atoms with Gasteiger partial charge in [-0.1, -0.05) is 0 Å². The minimum Gasteiger partial charge on any atom is -0.442 e. The van der Waals surface area contributed by atoms with Crippen molar-refractivity contribution >= 4 is 0 Å². The highest BCUT2D eigenvalue weighted by molar-refractivity contribution is 4.99. The first-order valence-corrected chi connectivity index (χ1v) is 5.11. The number of hydrogen-bond donors (Lipinski definition) is 1. The lowest BCUT2D eigenvalue weighted by Gasteiger charge is -2.19. The topological polar surface area (TPSA) is 47.3 Å². The van der Waals surface area contributed by atoms with E-state index in [4.69, 9.17) is 9.15 Å². The van der Waals surface area contributed by atoms with Crippen molar-refractivity contribution in [1.29, 1.82) is 0 Å². The van der Waals surface area contributed by atoms with Crippen LogP contribution in [0.4, 0.5) is 0 Å². The smallest absolute Gasteiger partial charge is 0.208 e. The largest absolute Gasteiger partial charge is 0.442 e. The predicted molar refractivity (Wildman–Crippen MR) is 51.8 cm³/mol. The Morgan fingerprint density at radius 3 is 3.21 bits per heavy atom. The second kappa shape index (κ2) is 4.57. The monoisotopic (exact) mass is 196 g/mol. The molecule has 0 amide bonds. The zero-order chi connectivity index (χ0) is 9.80. The fourth-order valence-electron chi connectivity index (χ4n) is 1.67. The molecule has 4 heteroatoms. The van der Waals surface area contributed by atoms with E-state index >= 15 is 0 Å². The summed E-state index contributed by atoms with van der Waals surface area (Å²) in [6.07, 6.45) is 5.33. The van der Waals surface area contributed by atoms with E-state index in [1.54, 1.807) is 6.20 Å². The Morgan fingerprint density at radius 2 is 2.50 bits per heavy atom. The maximum Gasteiger partial charge on any atom is 0.208 e. The molecule has 2 rings (SSSR count). The van der Waals surface area contributed by atoms with Crippen LogP contribution in [0.5, 0.6) is 0 Å². The molecule has 0 saturated carbocycles. The number of ether oxygens (including phenoxy) is 1. The van der Waals surface area contributed by atoms with E-state index in [9.17, 15) is 0 Å². The lowest BCUT2D eigenvalue weighted by Crippen LogP contribution is -2.10. The standard InChI is InChI=1S/C10H16N2O2/c1-11-7-10-12-6-9(14-10)8-4-2-3-5-13-8/h6,8,11H,2-5,7H2,1H3. The summed E-state index contributed by atoms with van der Waals surface area (Å²) >= 11 is 0. The zero-order valence-electron chi connectivity index (χ0n) is 8.45. The van der Waals surface area contributed by atoms with E-state index in [2.05, 4.69) is 10.3 Å². The minimum atomic E-state index is 0.127. The average molecular weight is 196 g/mol. The Bertz CT molecular complexity index is 279. The lowest BCUT2D eigenvalue weighted by molar-refractivity contribution is 0.00124. The second-order valence-electron chi connectivity index (χ2n) is 3.54. The first-order valence-electron chi connectivity index (χ1n) is 5.11. The van der Waals surface area contributed by atoms with E-state index in [1.165, 1.54) is 6.42 Å². The Labute approximate surface area is 83.7 Å². The number of oxazole rings is 1. The number of nitrogens with one attached hydrogen (secondary N) is 1. The van der Waals surface area contributed by atoms with E-state index in [0.717, 1.165) is 31.1 Å². The highest BCUT2D eigenvalue weighted by atomic mass is 16.5. The molecule has 14 heavy (non-hydrogen) atoms. The van der Waals surface area contributed by atoms with Gasteiger partial charge in [0.1, 0.15) is 6.10 Å². The lowest BCUT2D eigenvalue weighted by atomic mass is 10.1. The minimum absolute atomic E-state index is 0.127.